The quantitative estimate of drug-likeness (QED) is 0.326. The number of amides is 7. The van der Waals surface area contributed by atoms with Crippen molar-refractivity contribution in [3.63, 3.8) is 0 Å². The van der Waals surface area contributed by atoms with Gasteiger partial charge in [0.2, 0.25) is 11.8 Å². The van der Waals surface area contributed by atoms with Gasteiger partial charge in [0, 0.05) is 43.9 Å². The number of hydrogen-bond acceptors (Lipinski definition) is 10. The van der Waals surface area contributed by atoms with E-state index in [9.17, 15) is 28.8 Å². The molecule has 1 fully saturated rings. The second kappa shape index (κ2) is 16.8. The topological polar surface area (TPSA) is 174 Å². The molecule has 0 aliphatic carbocycles. The Balaban J connectivity index is 1.38. The molecule has 14 nitrogen and oxygen atoms in total. The number of nitrogens with one attached hydrogen (secondary N) is 3. The SMILES string of the molecule is CC(C)C[C@@H]1NC(=O)CCCN(C(=O)CN2C(=O)CN(C)C2=O)CCCNC(=O)c2csc(n2)[C@H](Cc2ccccc2)NC(=O)c2csc1n2. The highest BCUT2D eigenvalue weighted by Gasteiger charge is 2.36. The molecule has 2 aromatic heterocycles. The Morgan fingerprint density at radius 1 is 0.900 bits per heavy atom. The van der Waals surface area contributed by atoms with Crippen LogP contribution in [0.4, 0.5) is 4.79 Å². The minimum absolute atomic E-state index is 0.0913. The number of carbonyl (C=O) groups is 6. The summed E-state index contributed by atoms with van der Waals surface area (Å²) in [6.07, 6.45) is 1.88. The summed E-state index contributed by atoms with van der Waals surface area (Å²) in [6.45, 7) is 4.26. The van der Waals surface area contributed by atoms with Crippen molar-refractivity contribution in [2.45, 2.75) is 58.0 Å². The Kier molecular flexibility index (Phi) is 12.3. The third kappa shape index (κ3) is 9.50. The predicted molar refractivity (Wildman–Crippen MR) is 187 cm³/mol. The van der Waals surface area contributed by atoms with E-state index in [1.54, 1.807) is 10.8 Å². The van der Waals surface area contributed by atoms with Crippen molar-refractivity contribution < 1.29 is 28.8 Å². The minimum atomic E-state index is -0.536. The van der Waals surface area contributed by atoms with Crippen molar-refractivity contribution in [3.05, 3.63) is 68.1 Å². The van der Waals surface area contributed by atoms with Crippen LogP contribution < -0.4 is 16.0 Å². The lowest BCUT2D eigenvalue weighted by molar-refractivity contribution is -0.136. The van der Waals surface area contributed by atoms with E-state index in [2.05, 4.69) is 25.9 Å². The average molecular weight is 723 g/mol. The van der Waals surface area contributed by atoms with E-state index < -0.39 is 42.4 Å². The second-order valence-corrected chi connectivity index (χ2v) is 14.6. The van der Waals surface area contributed by atoms with E-state index in [-0.39, 0.29) is 61.7 Å². The molecule has 2 aliphatic heterocycles. The van der Waals surface area contributed by atoms with Crippen molar-refractivity contribution in [1.29, 1.82) is 0 Å². The molecule has 0 spiro atoms. The first-order valence-corrected chi connectivity index (χ1v) is 18.4. The molecule has 0 saturated carbocycles. The fourth-order valence-corrected chi connectivity index (χ4v) is 7.47. The summed E-state index contributed by atoms with van der Waals surface area (Å²) in [5.74, 6) is -1.65. The van der Waals surface area contributed by atoms with Gasteiger partial charge in [-0.2, -0.15) is 0 Å². The maximum absolute atomic E-state index is 13.5. The average Bonchev–Trinajstić information content (AvgIpc) is 3.83. The zero-order valence-corrected chi connectivity index (χ0v) is 30.0. The molecule has 5 rings (SSSR count). The Morgan fingerprint density at radius 2 is 1.56 bits per heavy atom. The standard InChI is InChI=1S/C34H42N8O6S2/c1-21(2)15-23-32-39-26(20-50-32)31(47)37-24(16-22-9-5-4-6-10-22)33-38-25(19-49-33)30(46)35-12-8-14-41(13-7-11-27(43)36-23)28(44)18-42-29(45)17-40(3)34(42)48/h4-6,9-10,19-21,23-24H,7-8,11-18H2,1-3H3,(H,35,46)(H,36,43)(H,37,47)/t23-,24-/m0/s1. The number of thiazole rings is 2. The summed E-state index contributed by atoms with van der Waals surface area (Å²) < 4.78 is 0. The first kappa shape index (κ1) is 36.6. The van der Waals surface area contributed by atoms with Gasteiger partial charge in [0.05, 0.1) is 12.1 Å². The molecule has 4 heterocycles. The minimum Gasteiger partial charge on any atom is -0.351 e. The van der Waals surface area contributed by atoms with E-state index in [1.807, 2.05) is 44.2 Å². The third-order valence-electron chi connectivity index (χ3n) is 8.33. The molecule has 0 unspecified atom stereocenters. The fraction of sp³-hybridized carbons (Fsp3) is 0.471. The van der Waals surface area contributed by atoms with Crippen LogP contribution in [0.15, 0.2) is 41.1 Å². The number of fused-ring (bicyclic) bond motifs is 4. The van der Waals surface area contributed by atoms with Gasteiger partial charge >= 0.3 is 6.03 Å². The number of hydrogen-bond donors (Lipinski definition) is 3. The molecule has 1 saturated heterocycles. The number of nitrogens with zero attached hydrogens (tertiary/aromatic N) is 5. The Hall–Kier alpha value is -4.70. The van der Waals surface area contributed by atoms with Crippen molar-refractivity contribution >= 4 is 58.2 Å². The highest BCUT2D eigenvalue weighted by Crippen LogP contribution is 2.27. The van der Waals surface area contributed by atoms with Crippen LogP contribution in [0, 0.1) is 5.92 Å². The summed E-state index contributed by atoms with van der Waals surface area (Å²) in [5, 5.41) is 13.5. The summed E-state index contributed by atoms with van der Waals surface area (Å²) in [7, 11) is 1.50. The maximum Gasteiger partial charge on any atom is 0.327 e. The van der Waals surface area contributed by atoms with Gasteiger partial charge in [-0.25, -0.2) is 14.8 Å². The molecule has 4 bridgehead atoms. The molecule has 3 aromatic rings. The Bertz CT molecular complexity index is 1710. The molecular formula is C34H42N8O6S2. The van der Waals surface area contributed by atoms with Crippen LogP contribution in [0.5, 0.6) is 0 Å². The van der Waals surface area contributed by atoms with Crippen molar-refractivity contribution in [1.82, 2.24) is 40.6 Å². The predicted octanol–water partition coefficient (Wildman–Crippen LogP) is 3.15. The van der Waals surface area contributed by atoms with Crippen LogP contribution in [-0.4, -0.2) is 100 Å². The molecule has 7 amide bonds. The molecule has 50 heavy (non-hydrogen) atoms. The number of benzene rings is 1. The number of carbonyl (C=O) groups excluding carboxylic acids is 6. The van der Waals surface area contributed by atoms with Gasteiger partial charge < -0.3 is 25.8 Å². The van der Waals surface area contributed by atoms with Crippen molar-refractivity contribution in [2.75, 3.05) is 39.8 Å². The monoisotopic (exact) mass is 722 g/mol. The molecular weight excluding hydrogens is 681 g/mol. The van der Waals surface area contributed by atoms with E-state index in [1.165, 1.54) is 39.5 Å². The van der Waals surface area contributed by atoms with Crippen molar-refractivity contribution in [2.24, 2.45) is 5.92 Å². The Labute approximate surface area is 298 Å². The van der Waals surface area contributed by atoms with Crippen LogP contribution in [0.25, 0.3) is 0 Å². The van der Waals surface area contributed by atoms with Crippen molar-refractivity contribution in [3.8, 4) is 0 Å². The van der Waals surface area contributed by atoms with Crippen LogP contribution in [0.3, 0.4) is 0 Å². The fourth-order valence-electron chi connectivity index (χ4n) is 5.76. The van der Waals surface area contributed by atoms with E-state index in [0.29, 0.717) is 35.7 Å². The van der Waals surface area contributed by atoms with E-state index in [4.69, 9.17) is 0 Å². The molecule has 1 aromatic carbocycles. The zero-order valence-electron chi connectivity index (χ0n) is 28.3. The van der Waals surface area contributed by atoms with E-state index in [0.717, 1.165) is 10.5 Å². The van der Waals surface area contributed by atoms with E-state index >= 15 is 0 Å². The van der Waals surface area contributed by atoms with Gasteiger partial charge in [0.25, 0.3) is 17.7 Å². The smallest absolute Gasteiger partial charge is 0.327 e. The summed E-state index contributed by atoms with van der Waals surface area (Å²) in [4.78, 5) is 90.9. The molecule has 0 radical (unpaired) electrons. The molecule has 3 N–H and O–H groups in total. The lowest BCUT2D eigenvalue weighted by Gasteiger charge is -2.25. The maximum atomic E-state index is 13.5. The lowest BCUT2D eigenvalue weighted by Crippen LogP contribution is -2.44. The van der Waals surface area contributed by atoms with Gasteiger partial charge in [-0.3, -0.25) is 28.9 Å². The zero-order chi connectivity index (χ0) is 35.8. The molecule has 2 atom stereocenters. The van der Waals surface area contributed by atoms with Gasteiger partial charge in [-0.15, -0.1) is 22.7 Å². The van der Waals surface area contributed by atoms with Gasteiger partial charge in [-0.05, 0) is 37.2 Å². The number of rotatable bonds is 6. The van der Waals surface area contributed by atoms with Gasteiger partial charge in [0.1, 0.15) is 34.5 Å². The number of aromatic nitrogens is 2. The lowest BCUT2D eigenvalue weighted by atomic mass is 10.0. The largest absolute Gasteiger partial charge is 0.351 e. The number of likely N-dealkylation sites (N-methyl/N-ethyl adjacent to an activating group) is 1. The first-order chi connectivity index (χ1) is 24.0. The highest BCUT2D eigenvalue weighted by molar-refractivity contribution is 7.10. The van der Waals surface area contributed by atoms with Crippen LogP contribution >= 0.6 is 22.7 Å². The molecule has 16 heteroatoms. The Morgan fingerprint density at radius 3 is 2.22 bits per heavy atom. The second-order valence-electron chi connectivity index (χ2n) is 12.8. The number of imide groups is 1. The number of urea groups is 1. The summed E-state index contributed by atoms with van der Waals surface area (Å²) in [5.41, 5.74) is 1.41. The van der Waals surface area contributed by atoms with Crippen LogP contribution in [0.2, 0.25) is 0 Å². The van der Waals surface area contributed by atoms with Gasteiger partial charge in [-0.1, -0.05) is 44.2 Å². The summed E-state index contributed by atoms with van der Waals surface area (Å²) in [6, 6.07) is 8.18. The first-order valence-electron chi connectivity index (χ1n) is 16.6. The highest BCUT2D eigenvalue weighted by atomic mass is 32.1. The van der Waals surface area contributed by atoms with Gasteiger partial charge in [0.15, 0.2) is 0 Å². The summed E-state index contributed by atoms with van der Waals surface area (Å²) >= 11 is 2.57. The third-order valence-corrected chi connectivity index (χ3v) is 10.3. The van der Waals surface area contributed by atoms with Crippen LogP contribution in [-0.2, 0) is 20.8 Å². The molecule has 2 aliphatic rings. The molecule has 266 valence electrons. The normalized spacial score (nSPS) is 20.0. The van der Waals surface area contributed by atoms with Crippen LogP contribution in [0.1, 0.15) is 88.2 Å².